The maximum Gasteiger partial charge on any atom is 0.0991 e. The SMILES string of the molecule is CC1(c2ccc3c(c2)c2cc(C#N)ccc2n3-c2ccc(C#N)cc2)CC=CC=C1c1ccccc1-c1cccc2c3ccccc3n(-c3ccccc3)c12. The Bertz CT molecular complexity index is 3140. The normalized spacial score (nSPS) is 15.4. The predicted octanol–water partition coefficient (Wildman–Crippen LogP) is 12.6. The molecular weight excluding hydrogens is 669 g/mol. The summed E-state index contributed by atoms with van der Waals surface area (Å²) in [6.07, 6.45) is 7.61. The van der Waals surface area contributed by atoms with Gasteiger partial charge < -0.3 is 9.13 Å². The molecule has 1 atom stereocenters. The molecule has 0 bridgehead atoms. The second-order valence-electron chi connectivity index (χ2n) is 14.5. The van der Waals surface area contributed by atoms with Crippen molar-refractivity contribution < 1.29 is 0 Å². The fourth-order valence-corrected chi connectivity index (χ4v) is 8.86. The minimum Gasteiger partial charge on any atom is -0.309 e. The first kappa shape index (κ1) is 32.3. The average Bonchev–Trinajstić information content (AvgIpc) is 3.76. The number of hydrogen-bond acceptors (Lipinski definition) is 2. The van der Waals surface area contributed by atoms with Crippen LogP contribution in [0.5, 0.6) is 0 Å². The molecule has 7 aromatic carbocycles. The summed E-state index contributed by atoms with van der Waals surface area (Å²) in [4.78, 5) is 0. The first-order valence-electron chi connectivity index (χ1n) is 18.6. The molecule has 1 unspecified atom stereocenters. The minimum atomic E-state index is -0.352. The molecule has 258 valence electrons. The Morgan fingerprint density at radius 3 is 1.93 bits per heavy atom. The van der Waals surface area contributed by atoms with E-state index in [9.17, 15) is 10.5 Å². The van der Waals surface area contributed by atoms with Crippen LogP contribution in [0.3, 0.4) is 0 Å². The van der Waals surface area contributed by atoms with Crippen molar-refractivity contribution >= 4 is 49.2 Å². The number of nitrogens with zero attached hydrogens (tertiary/aromatic N) is 4. The third-order valence-electron chi connectivity index (χ3n) is 11.5. The molecule has 0 amide bonds. The van der Waals surface area contributed by atoms with Crippen molar-refractivity contribution in [3.63, 3.8) is 0 Å². The summed E-state index contributed by atoms with van der Waals surface area (Å²) < 4.78 is 4.65. The van der Waals surface area contributed by atoms with Crippen LogP contribution in [0.2, 0.25) is 0 Å². The lowest BCUT2D eigenvalue weighted by Gasteiger charge is -2.35. The zero-order chi connectivity index (χ0) is 37.1. The lowest BCUT2D eigenvalue weighted by molar-refractivity contribution is 0.622. The second kappa shape index (κ2) is 12.6. The molecule has 0 radical (unpaired) electrons. The predicted molar refractivity (Wildman–Crippen MR) is 226 cm³/mol. The molecule has 0 fully saturated rings. The van der Waals surface area contributed by atoms with Gasteiger partial charge >= 0.3 is 0 Å². The Hall–Kier alpha value is -7.40. The number of rotatable bonds is 5. The Labute approximate surface area is 319 Å². The highest BCUT2D eigenvalue weighted by Crippen LogP contribution is 2.49. The van der Waals surface area contributed by atoms with Crippen molar-refractivity contribution in [2.24, 2.45) is 0 Å². The van der Waals surface area contributed by atoms with Gasteiger partial charge in [-0.05, 0) is 101 Å². The fourth-order valence-electron chi connectivity index (χ4n) is 8.86. The molecule has 0 saturated carbocycles. The Morgan fingerprint density at radius 1 is 0.509 bits per heavy atom. The van der Waals surface area contributed by atoms with Gasteiger partial charge in [-0.25, -0.2) is 0 Å². The van der Waals surface area contributed by atoms with Crippen LogP contribution in [0.4, 0.5) is 0 Å². The van der Waals surface area contributed by atoms with Crippen LogP contribution in [0.1, 0.15) is 35.6 Å². The van der Waals surface area contributed by atoms with Gasteiger partial charge in [-0.15, -0.1) is 0 Å². The number of aromatic nitrogens is 2. The van der Waals surface area contributed by atoms with Crippen LogP contribution in [-0.4, -0.2) is 9.13 Å². The smallest absolute Gasteiger partial charge is 0.0991 e. The molecule has 2 aromatic heterocycles. The molecular formula is C51H34N4. The topological polar surface area (TPSA) is 57.4 Å². The number of benzene rings is 7. The largest absolute Gasteiger partial charge is 0.309 e. The molecule has 1 aliphatic rings. The third-order valence-corrected chi connectivity index (χ3v) is 11.5. The summed E-state index contributed by atoms with van der Waals surface area (Å²) in [5, 5.41) is 24.0. The van der Waals surface area contributed by atoms with E-state index in [2.05, 4.69) is 162 Å². The van der Waals surface area contributed by atoms with E-state index in [1.54, 1.807) is 0 Å². The summed E-state index contributed by atoms with van der Waals surface area (Å²) in [5.41, 5.74) is 13.5. The van der Waals surface area contributed by atoms with E-state index >= 15 is 0 Å². The molecule has 1 aliphatic carbocycles. The van der Waals surface area contributed by atoms with E-state index in [0.29, 0.717) is 11.1 Å². The van der Waals surface area contributed by atoms with Crippen molar-refractivity contribution in [3.8, 4) is 34.6 Å². The van der Waals surface area contributed by atoms with Gasteiger partial charge in [0.1, 0.15) is 0 Å². The summed E-state index contributed by atoms with van der Waals surface area (Å²) in [5.74, 6) is 0. The van der Waals surface area contributed by atoms with Crippen molar-refractivity contribution in [2.75, 3.05) is 0 Å². The molecule has 0 aliphatic heterocycles. The maximum atomic E-state index is 9.92. The summed E-state index contributed by atoms with van der Waals surface area (Å²) in [7, 11) is 0. The first-order chi connectivity index (χ1) is 27.1. The third kappa shape index (κ3) is 4.97. The van der Waals surface area contributed by atoms with Gasteiger partial charge in [0.25, 0.3) is 0 Å². The van der Waals surface area contributed by atoms with Crippen LogP contribution in [0.15, 0.2) is 176 Å². The molecule has 10 rings (SSSR count). The lowest BCUT2D eigenvalue weighted by atomic mass is 9.68. The molecule has 4 nitrogen and oxygen atoms in total. The minimum absolute atomic E-state index is 0.352. The van der Waals surface area contributed by atoms with Crippen molar-refractivity contribution in [1.29, 1.82) is 10.5 Å². The van der Waals surface area contributed by atoms with Crippen LogP contribution in [0.25, 0.3) is 71.7 Å². The second-order valence-corrected chi connectivity index (χ2v) is 14.5. The molecule has 9 aromatic rings. The van der Waals surface area contributed by atoms with Gasteiger partial charge in [-0.2, -0.15) is 10.5 Å². The number of hydrogen-bond donors (Lipinski definition) is 0. The van der Waals surface area contributed by atoms with Gasteiger partial charge in [0.15, 0.2) is 0 Å². The van der Waals surface area contributed by atoms with Crippen LogP contribution >= 0.6 is 0 Å². The van der Waals surface area contributed by atoms with Gasteiger partial charge in [-0.1, -0.05) is 110 Å². The number of nitriles is 2. The fraction of sp³-hybridized carbons (Fsp3) is 0.0588. The summed E-state index contributed by atoms with van der Waals surface area (Å²) >= 11 is 0. The lowest BCUT2D eigenvalue weighted by Crippen LogP contribution is -2.25. The number of allylic oxidation sites excluding steroid dienone is 4. The van der Waals surface area contributed by atoms with E-state index in [-0.39, 0.29) is 5.41 Å². The van der Waals surface area contributed by atoms with E-state index in [4.69, 9.17) is 0 Å². The van der Waals surface area contributed by atoms with Crippen LogP contribution < -0.4 is 0 Å². The highest BCUT2D eigenvalue weighted by molar-refractivity contribution is 6.15. The molecule has 4 heteroatoms. The monoisotopic (exact) mass is 702 g/mol. The highest BCUT2D eigenvalue weighted by Gasteiger charge is 2.34. The summed E-state index contributed by atoms with van der Waals surface area (Å²) in [6.45, 7) is 2.36. The van der Waals surface area contributed by atoms with Gasteiger partial charge in [-0.3, -0.25) is 0 Å². The highest BCUT2D eigenvalue weighted by atomic mass is 15.0. The van der Waals surface area contributed by atoms with E-state index in [1.807, 2.05) is 42.5 Å². The Morgan fingerprint density at radius 2 is 1.13 bits per heavy atom. The molecule has 0 spiro atoms. The van der Waals surface area contributed by atoms with Gasteiger partial charge in [0, 0.05) is 43.9 Å². The average molecular weight is 703 g/mol. The van der Waals surface area contributed by atoms with Gasteiger partial charge in [0.2, 0.25) is 0 Å². The van der Waals surface area contributed by atoms with Crippen LogP contribution in [-0.2, 0) is 5.41 Å². The van der Waals surface area contributed by atoms with Gasteiger partial charge in [0.05, 0.1) is 45.3 Å². The van der Waals surface area contributed by atoms with Crippen molar-refractivity contribution in [3.05, 3.63) is 198 Å². The van der Waals surface area contributed by atoms with E-state index in [0.717, 1.165) is 39.6 Å². The quantitative estimate of drug-likeness (QED) is 0.179. The molecule has 55 heavy (non-hydrogen) atoms. The van der Waals surface area contributed by atoms with Crippen molar-refractivity contribution in [1.82, 2.24) is 9.13 Å². The van der Waals surface area contributed by atoms with E-state index < -0.39 is 0 Å². The zero-order valence-electron chi connectivity index (χ0n) is 30.2. The van der Waals surface area contributed by atoms with Crippen LogP contribution in [0, 0.1) is 22.7 Å². The molecule has 0 N–H and O–H groups in total. The standard InChI is InChI=1S/C51H34N4/c1-51(36-24-28-49-45(31-36)44-30-35(33-53)23-27-48(44)54(49)38-25-21-34(32-52)22-26-38)29-10-9-19-46(51)40-15-6-5-14-39(40)42-17-11-18-43-41-16-7-8-20-47(41)55(50(42)43)37-12-3-2-4-13-37/h2-28,30-31H,29H2,1H3. The Kier molecular flexibility index (Phi) is 7.41. The maximum absolute atomic E-state index is 9.92. The van der Waals surface area contributed by atoms with E-state index in [1.165, 1.54) is 49.6 Å². The number of para-hydroxylation sites is 3. The zero-order valence-corrected chi connectivity index (χ0v) is 30.2. The Balaban J connectivity index is 1.18. The molecule has 2 heterocycles. The molecule has 0 saturated heterocycles. The van der Waals surface area contributed by atoms with Crippen molar-refractivity contribution in [2.45, 2.75) is 18.8 Å². The first-order valence-corrected chi connectivity index (χ1v) is 18.6. The summed E-state index contributed by atoms with van der Waals surface area (Å²) in [6, 6.07) is 60.0. The number of fused-ring (bicyclic) bond motifs is 6.